The summed E-state index contributed by atoms with van der Waals surface area (Å²) in [5.41, 5.74) is 2.67. The fourth-order valence-corrected chi connectivity index (χ4v) is 3.65. The van der Waals surface area contributed by atoms with E-state index in [0.29, 0.717) is 18.1 Å². The summed E-state index contributed by atoms with van der Waals surface area (Å²) in [6.45, 7) is 6.81. The third kappa shape index (κ3) is 4.59. The molecule has 1 aromatic heterocycles. The Hall–Kier alpha value is -1.91. The Morgan fingerprint density at radius 3 is 2.24 bits per heavy atom. The van der Waals surface area contributed by atoms with Gasteiger partial charge in [-0.15, -0.1) is 0 Å². The molecule has 2 aromatic rings. The fourth-order valence-electron chi connectivity index (χ4n) is 3.65. The minimum atomic E-state index is 0.361. The van der Waals surface area contributed by atoms with Crippen molar-refractivity contribution in [3.8, 4) is 5.75 Å². The number of nitrogens with one attached hydrogen (secondary N) is 1. The van der Waals surface area contributed by atoms with Crippen LogP contribution in [0.5, 0.6) is 5.75 Å². The van der Waals surface area contributed by atoms with Crippen LogP contribution in [0.15, 0.2) is 48.8 Å². The van der Waals surface area contributed by atoms with Gasteiger partial charge >= 0.3 is 0 Å². The van der Waals surface area contributed by atoms with E-state index in [-0.39, 0.29) is 0 Å². The third-order valence-corrected chi connectivity index (χ3v) is 5.37. The van der Waals surface area contributed by atoms with E-state index in [4.69, 9.17) is 4.74 Å². The number of methoxy groups -OCH3 is 1. The van der Waals surface area contributed by atoms with Crippen LogP contribution in [-0.2, 0) is 0 Å². The van der Waals surface area contributed by atoms with Crippen LogP contribution >= 0.6 is 0 Å². The van der Waals surface area contributed by atoms with Gasteiger partial charge in [0.05, 0.1) is 7.11 Å². The van der Waals surface area contributed by atoms with Crippen molar-refractivity contribution in [1.29, 1.82) is 0 Å². The van der Waals surface area contributed by atoms with Crippen LogP contribution in [0.25, 0.3) is 0 Å². The first-order chi connectivity index (χ1) is 12.2. The number of pyridine rings is 1. The van der Waals surface area contributed by atoms with Gasteiger partial charge in [0.15, 0.2) is 0 Å². The van der Waals surface area contributed by atoms with E-state index in [9.17, 15) is 0 Å². The van der Waals surface area contributed by atoms with E-state index in [0.717, 1.165) is 18.8 Å². The van der Waals surface area contributed by atoms with Gasteiger partial charge in [-0.2, -0.15) is 0 Å². The Bertz CT molecular complexity index is 636. The maximum absolute atomic E-state index is 5.24. The highest BCUT2D eigenvalue weighted by molar-refractivity contribution is 5.28. The van der Waals surface area contributed by atoms with Crippen LogP contribution in [-0.4, -0.2) is 36.1 Å². The number of aromatic nitrogens is 1. The molecule has 0 radical (unpaired) electrons. The molecule has 134 valence electrons. The standard InChI is InChI=1S/C21H29N3O/c1-16(18-4-6-21(25-3)7-5-18)23-20-10-14-24(15-11-20)17(2)19-8-12-22-13-9-19/h4-9,12-13,16-17,20,23H,10-11,14-15H2,1-3H3/t16-,17+/m0/s1. The van der Waals surface area contributed by atoms with Crippen molar-refractivity contribution < 1.29 is 4.74 Å². The van der Waals surface area contributed by atoms with Crippen molar-refractivity contribution >= 4 is 0 Å². The van der Waals surface area contributed by atoms with Crippen LogP contribution in [0, 0.1) is 0 Å². The summed E-state index contributed by atoms with van der Waals surface area (Å²) in [4.78, 5) is 6.70. The molecular formula is C21H29N3O. The molecule has 0 unspecified atom stereocenters. The molecule has 25 heavy (non-hydrogen) atoms. The van der Waals surface area contributed by atoms with Gasteiger partial charge in [0.25, 0.3) is 0 Å². The zero-order chi connectivity index (χ0) is 17.6. The van der Waals surface area contributed by atoms with Gasteiger partial charge in [-0.1, -0.05) is 12.1 Å². The molecule has 4 heteroatoms. The Kier molecular flexibility index (Phi) is 6.05. The van der Waals surface area contributed by atoms with Crippen molar-refractivity contribution in [3.05, 3.63) is 59.9 Å². The summed E-state index contributed by atoms with van der Waals surface area (Å²) in [7, 11) is 1.71. The summed E-state index contributed by atoms with van der Waals surface area (Å²) < 4.78 is 5.24. The van der Waals surface area contributed by atoms with E-state index >= 15 is 0 Å². The predicted molar refractivity (Wildman–Crippen MR) is 102 cm³/mol. The van der Waals surface area contributed by atoms with E-state index in [1.165, 1.54) is 24.0 Å². The number of hydrogen-bond acceptors (Lipinski definition) is 4. The molecule has 4 nitrogen and oxygen atoms in total. The highest BCUT2D eigenvalue weighted by Crippen LogP contribution is 2.25. The molecule has 1 aromatic carbocycles. The SMILES string of the molecule is COc1ccc([C@H](C)NC2CCN([C@H](C)c3ccncc3)CC2)cc1. The Balaban J connectivity index is 1.50. The number of ether oxygens (including phenoxy) is 1. The molecular weight excluding hydrogens is 310 g/mol. The van der Waals surface area contributed by atoms with Crippen LogP contribution in [0.3, 0.4) is 0 Å². The lowest BCUT2D eigenvalue weighted by Crippen LogP contribution is -2.44. The smallest absolute Gasteiger partial charge is 0.118 e. The van der Waals surface area contributed by atoms with Gasteiger partial charge in [0.2, 0.25) is 0 Å². The fraction of sp³-hybridized carbons (Fsp3) is 0.476. The Morgan fingerprint density at radius 1 is 1.00 bits per heavy atom. The first kappa shape index (κ1) is 17.9. The van der Waals surface area contributed by atoms with Gasteiger partial charge in [-0.25, -0.2) is 0 Å². The zero-order valence-electron chi connectivity index (χ0n) is 15.5. The summed E-state index contributed by atoms with van der Waals surface area (Å²) >= 11 is 0. The largest absolute Gasteiger partial charge is 0.497 e. The molecule has 2 heterocycles. The van der Waals surface area contributed by atoms with Crippen molar-refractivity contribution in [2.45, 2.75) is 44.8 Å². The normalized spacial score (nSPS) is 18.7. The van der Waals surface area contributed by atoms with Gasteiger partial charge in [0.1, 0.15) is 5.75 Å². The second-order valence-electron chi connectivity index (χ2n) is 6.93. The maximum atomic E-state index is 5.24. The molecule has 1 saturated heterocycles. The van der Waals surface area contributed by atoms with E-state index in [1.54, 1.807) is 7.11 Å². The number of benzene rings is 1. The minimum Gasteiger partial charge on any atom is -0.497 e. The van der Waals surface area contributed by atoms with Crippen molar-refractivity contribution in [1.82, 2.24) is 15.2 Å². The van der Waals surface area contributed by atoms with E-state index in [2.05, 4.69) is 53.3 Å². The highest BCUT2D eigenvalue weighted by atomic mass is 16.5. The molecule has 0 saturated carbocycles. The van der Waals surface area contributed by atoms with Gasteiger partial charge in [-0.05, 0) is 62.1 Å². The monoisotopic (exact) mass is 339 g/mol. The molecule has 1 aliphatic rings. The summed E-state index contributed by atoms with van der Waals surface area (Å²) in [6, 6.07) is 14.0. The van der Waals surface area contributed by atoms with Crippen molar-refractivity contribution in [3.63, 3.8) is 0 Å². The number of piperidine rings is 1. The van der Waals surface area contributed by atoms with Crippen LogP contribution in [0.4, 0.5) is 0 Å². The van der Waals surface area contributed by atoms with Gasteiger partial charge in [0, 0.05) is 43.6 Å². The van der Waals surface area contributed by atoms with E-state index < -0.39 is 0 Å². The summed E-state index contributed by atoms with van der Waals surface area (Å²) in [5.74, 6) is 0.911. The molecule has 1 aliphatic heterocycles. The number of likely N-dealkylation sites (tertiary alicyclic amines) is 1. The molecule has 0 bridgehead atoms. The van der Waals surface area contributed by atoms with Crippen LogP contribution in [0.2, 0.25) is 0 Å². The second-order valence-corrected chi connectivity index (χ2v) is 6.93. The number of hydrogen-bond donors (Lipinski definition) is 1. The van der Waals surface area contributed by atoms with Crippen LogP contribution in [0.1, 0.15) is 49.9 Å². The summed E-state index contributed by atoms with van der Waals surface area (Å²) in [6.07, 6.45) is 6.15. The first-order valence-corrected chi connectivity index (χ1v) is 9.21. The first-order valence-electron chi connectivity index (χ1n) is 9.21. The highest BCUT2D eigenvalue weighted by Gasteiger charge is 2.24. The lowest BCUT2D eigenvalue weighted by atomic mass is 9.99. The predicted octanol–water partition coefficient (Wildman–Crippen LogP) is 3.97. The molecule has 1 fully saturated rings. The number of nitrogens with zero attached hydrogens (tertiary/aromatic N) is 2. The van der Waals surface area contributed by atoms with Crippen molar-refractivity contribution in [2.24, 2.45) is 0 Å². The molecule has 2 atom stereocenters. The third-order valence-electron chi connectivity index (χ3n) is 5.37. The Morgan fingerprint density at radius 2 is 1.64 bits per heavy atom. The average molecular weight is 339 g/mol. The minimum absolute atomic E-state index is 0.361. The molecule has 0 spiro atoms. The second kappa shape index (κ2) is 8.45. The molecule has 0 aliphatic carbocycles. The number of rotatable bonds is 6. The summed E-state index contributed by atoms with van der Waals surface area (Å²) in [5, 5.41) is 3.79. The molecule has 0 amide bonds. The molecule has 3 rings (SSSR count). The van der Waals surface area contributed by atoms with Crippen molar-refractivity contribution in [2.75, 3.05) is 20.2 Å². The Labute approximate surface area is 151 Å². The van der Waals surface area contributed by atoms with E-state index in [1.807, 2.05) is 24.5 Å². The van der Waals surface area contributed by atoms with Gasteiger partial charge < -0.3 is 10.1 Å². The average Bonchev–Trinajstić information content (AvgIpc) is 2.68. The van der Waals surface area contributed by atoms with Crippen LogP contribution < -0.4 is 10.1 Å². The lowest BCUT2D eigenvalue weighted by molar-refractivity contribution is 0.149. The van der Waals surface area contributed by atoms with Gasteiger partial charge in [-0.3, -0.25) is 9.88 Å². The molecule has 1 N–H and O–H groups in total. The topological polar surface area (TPSA) is 37.4 Å². The quantitative estimate of drug-likeness (QED) is 0.864. The maximum Gasteiger partial charge on any atom is 0.118 e. The lowest BCUT2D eigenvalue weighted by Gasteiger charge is -2.37. The zero-order valence-corrected chi connectivity index (χ0v) is 15.5.